The number of ether oxygens (including phenoxy) is 1. The maximum Gasteiger partial charge on any atom is 0.272 e. The number of carbonyl (C=O) groups excluding carboxylic acids is 1. The van der Waals surface area contributed by atoms with Crippen LogP contribution in [0.4, 0.5) is 0 Å². The molecule has 2 aromatic rings. The van der Waals surface area contributed by atoms with E-state index in [-0.39, 0.29) is 18.3 Å². The van der Waals surface area contributed by atoms with Crippen molar-refractivity contribution in [3.8, 4) is 5.75 Å². The molecular weight excluding hydrogens is 304 g/mol. The van der Waals surface area contributed by atoms with Gasteiger partial charge in [-0.3, -0.25) is 9.89 Å². The van der Waals surface area contributed by atoms with Gasteiger partial charge in [0.25, 0.3) is 5.91 Å². The summed E-state index contributed by atoms with van der Waals surface area (Å²) in [6.45, 7) is 2.77. The average molecular weight is 325 g/mol. The van der Waals surface area contributed by atoms with Gasteiger partial charge in [-0.15, -0.1) is 12.4 Å². The monoisotopic (exact) mass is 324 g/mol. The van der Waals surface area contributed by atoms with E-state index in [0.29, 0.717) is 18.2 Å². The minimum Gasteiger partial charge on any atom is -0.497 e. The third-order valence-corrected chi connectivity index (χ3v) is 4.00. The van der Waals surface area contributed by atoms with Crippen LogP contribution in [-0.2, 0) is 0 Å². The van der Waals surface area contributed by atoms with Crippen molar-refractivity contribution >= 4 is 29.2 Å². The van der Waals surface area contributed by atoms with Crippen molar-refractivity contribution in [3.05, 3.63) is 23.9 Å². The van der Waals surface area contributed by atoms with E-state index in [1.54, 1.807) is 7.11 Å². The Kier molecular flexibility index (Phi) is 5.63. The molecule has 1 aliphatic heterocycles. The Bertz CT molecular complexity index is 638. The molecule has 1 aromatic carbocycles. The first-order valence-corrected chi connectivity index (χ1v) is 7.29. The predicted octanol–water partition coefficient (Wildman–Crippen LogP) is 1.72. The second-order valence-electron chi connectivity index (χ2n) is 5.39. The van der Waals surface area contributed by atoms with Crippen molar-refractivity contribution in [1.29, 1.82) is 0 Å². The summed E-state index contributed by atoms with van der Waals surface area (Å²) in [6, 6.07) is 5.54. The van der Waals surface area contributed by atoms with Crippen molar-refractivity contribution in [2.24, 2.45) is 5.92 Å². The number of hydrogen-bond acceptors (Lipinski definition) is 4. The van der Waals surface area contributed by atoms with E-state index in [1.807, 2.05) is 18.2 Å². The number of nitrogens with one attached hydrogen (secondary N) is 3. The lowest BCUT2D eigenvalue weighted by molar-refractivity contribution is 0.0941. The molecule has 0 spiro atoms. The maximum atomic E-state index is 12.3. The molecule has 1 fully saturated rings. The largest absolute Gasteiger partial charge is 0.497 e. The highest BCUT2D eigenvalue weighted by Crippen LogP contribution is 2.22. The molecule has 2 heterocycles. The zero-order valence-corrected chi connectivity index (χ0v) is 13.3. The van der Waals surface area contributed by atoms with Crippen LogP contribution in [-0.4, -0.2) is 42.8 Å². The van der Waals surface area contributed by atoms with Gasteiger partial charge in [0.15, 0.2) is 5.69 Å². The number of rotatable bonds is 4. The third-order valence-electron chi connectivity index (χ3n) is 4.00. The van der Waals surface area contributed by atoms with Crippen LogP contribution >= 0.6 is 12.4 Å². The van der Waals surface area contributed by atoms with Crippen molar-refractivity contribution < 1.29 is 9.53 Å². The van der Waals surface area contributed by atoms with Gasteiger partial charge >= 0.3 is 0 Å². The molecule has 3 N–H and O–H groups in total. The molecule has 0 atom stereocenters. The van der Waals surface area contributed by atoms with E-state index >= 15 is 0 Å². The molecule has 22 heavy (non-hydrogen) atoms. The van der Waals surface area contributed by atoms with Gasteiger partial charge in [0.1, 0.15) is 5.75 Å². The molecule has 1 aromatic heterocycles. The lowest BCUT2D eigenvalue weighted by Gasteiger charge is -2.22. The SMILES string of the molecule is COc1ccc2[nH]nc(C(=O)NCC3CCNCC3)c2c1.Cl. The Morgan fingerprint density at radius 1 is 1.41 bits per heavy atom. The highest BCUT2D eigenvalue weighted by molar-refractivity contribution is 6.05. The first kappa shape index (κ1) is 16.6. The number of fused-ring (bicyclic) bond motifs is 1. The van der Waals surface area contributed by atoms with Crippen LogP contribution in [0.15, 0.2) is 18.2 Å². The number of aromatic nitrogens is 2. The van der Waals surface area contributed by atoms with Crippen LogP contribution in [0.1, 0.15) is 23.3 Å². The summed E-state index contributed by atoms with van der Waals surface area (Å²) in [5.74, 6) is 1.14. The first-order valence-electron chi connectivity index (χ1n) is 7.29. The van der Waals surface area contributed by atoms with Crippen LogP contribution < -0.4 is 15.4 Å². The predicted molar refractivity (Wildman–Crippen MR) is 87.8 cm³/mol. The lowest BCUT2D eigenvalue weighted by atomic mass is 9.98. The highest BCUT2D eigenvalue weighted by Gasteiger charge is 2.18. The zero-order valence-electron chi connectivity index (χ0n) is 12.5. The van der Waals surface area contributed by atoms with Gasteiger partial charge in [-0.25, -0.2) is 0 Å². The second kappa shape index (κ2) is 7.47. The summed E-state index contributed by atoms with van der Waals surface area (Å²) < 4.78 is 5.20. The van der Waals surface area contributed by atoms with E-state index in [2.05, 4.69) is 20.8 Å². The maximum absolute atomic E-state index is 12.3. The van der Waals surface area contributed by atoms with E-state index in [9.17, 15) is 4.79 Å². The number of hydrogen-bond donors (Lipinski definition) is 3. The molecule has 0 radical (unpaired) electrons. The number of benzene rings is 1. The summed E-state index contributed by atoms with van der Waals surface area (Å²) in [6.07, 6.45) is 2.21. The zero-order chi connectivity index (χ0) is 14.7. The van der Waals surface area contributed by atoms with E-state index in [0.717, 1.165) is 42.6 Å². The number of aromatic amines is 1. The molecule has 0 saturated carbocycles. The molecule has 0 aliphatic carbocycles. The van der Waals surface area contributed by atoms with E-state index in [4.69, 9.17) is 4.74 Å². The number of amides is 1. The second-order valence-corrected chi connectivity index (χ2v) is 5.39. The van der Waals surface area contributed by atoms with Crippen molar-refractivity contribution in [2.75, 3.05) is 26.7 Å². The van der Waals surface area contributed by atoms with Gasteiger partial charge in [-0.1, -0.05) is 0 Å². The quantitative estimate of drug-likeness (QED) is 0.800. The van der Waals surface area contributed by atoms with Crippen LogP contribution in [0.3, 0.4) is 0 Å². The van der Waals surface area contributed by atoms with Crippen LogP contribution in [0.5, 0.6) is 5.75 Å². The minimum atomic E-state index is -0.131. The molecule has 3 rings (SSSR count). The smallest absolute Gasteiger partial charge is 0.272 e. The van der Waals surface area contributed by atoms with E-state index < -0.39 is 0 Å². The van der Waals surface area contributed by atoms with Crippen molar-refractivity contribution in [1.82, 2.24) is 20.8 Å². The molecule has 120 valence electrons. The topological polar surface area (TPSA) is 79.0 Å². The van der Waals surface area contributed by atoms with Crippen LogP contribution in [0.25, 0.3) is 10.9 Å². The summed E-state index contributed by atoms with van der Waals surface area (Å²) >= 11 is 0. The first-order chi connectivity index (χ1) is 10.3. The molecular formula is C15H21ClN4O2. The van der Waals surface area contributed by atoms with Crippen LogP contribution in [0, 0.1) is 5.92 Å². The van der Waals surface area contributed by atoms with Crippen molar-refractivity contribution in [3.63, 3.8) is 0 Å². The van der Waals surface area contributed by atoms with Gasteiger partial charge in [-0.05, 0) is 50.0 Å². The fourth-order valence-electron chi connectivity index (χ4n) is 2.70. The molecule has 0 unspecified atom stereocenters. The molecule has 1 aliphatic rings. The fraction of sp³-hybridized carbons (Fsp3) is 0.467. The summed E-state index contributed by atoms with van der Waals surface area (Å²) in [5.41, 5.74) is 1.26. The number of piperidine rings is 1. The number of halogens is 1. The van der Waals surface area contributed by atoms with Gasteiger partial charge < -0.3 is 15.4 Å². The molecule has 7 heteroatoms. The fourth-order valence-corrected chi connectivity index (χ4v) is 2.70. The molecule has 1 amide bonds. The van der Waals surface area contributed by atoms with Gasteiger partial charge in [0, 0.05) is 11.9 Å². The van der Waals surface area contributed by atoms with Gasteiger partial charge in [0.2, 0.25) is 0 Å². The standard InChI is InChI=1S/C15H20N4O2.ClH/c1-21-11-2-3-13-12(8-11)14(19-18-13)15(20)17-9-10-4-6-16-7-5-10;/h2-3,8,10,16H,4-7,9H2,1H3,(H,17,20)(H,18,19);1H. The van der Waals surface area contributed by atoms with Gasteiger partial charge in [-0.2, -0.15) is 5.10 Å². The summed E-state index contributed by atoms with van der Waals surface area (Å²) in [4.78, 5) is 12.3. The number of nitrogens with zero attached hydrogens (tertiary/aromatic N) is 1. The van der Waals surface area contributed by atoms with E-state index in [1.165, 1.54) is 0 Å². The van der Waals surface area contributed by atoms with Crippen molar-refractivity contribution in [2.45, 2.75) is 12.8 Å². The lowest BCUT2D eigenvalue weighted by Crippen LogP contribution is -2.36. The number of H-pyrrole nitrogens is 1. The molecule has 6 nitrogen and oxygen atoms in total. The molecule has 0 bridgehead atoms. The Morgan fingerprint density at radius 3 is 2.91 bits per heavy atom. The number of carbonyl (C=O) groups is 1. The summed E-state index contributed by atoms with van der Waals surface area (Å²) in [5, 5.41) is 14.1. The minimum absolute atomic E-state index is 0. The highest BCUT2D eigenvalue weighted by atomic mass is 35.5. The summed E-state index contributed by atoms with van der Waals surface area (Å²) in [7, 11) is 1.61. The Morgan fingerprint density at radius 2 is 2.18 bits per heavy atom. The molecule has 1 saturated heterocycles. The average Bonchev–Trinajstić information content (AvgIpc) is 2.96. The Labute approximate surface area is 135 Å². The Hall–Kier alpha value is -1.79. The number of methoxy groups -OCH3 is 1. The third kappa shape index (κ3) is 3.51. The van der Waals surface area contributed by atoms with Gasteiger partial charge in [0.05, 0.1) is 12.6 Å². The van der Waals surface area contributed by atoms with Crippen LogP contribution in [0.2, 0.25) is 0 Å². The normalized spacial score (nSPS) is 15.3. The Balaban J connectivity index is 0.00000176.